The van der Waals surface area contributed by atoms with Crippen LogP contribution in [0.1, 0.15) is 23.5 Å². The van der Waals surface area contributed by atoms with Crippen molar-refractivity contribution >= 4 is 23.5 Å². The van der Waals surface area contributed by atoms with E-state index in [1.165, 1.54) is 0 Å². The second kappa shape index (κ2) is 8.16. The van der Waals surface area contributed by atoms with Gasteiger partial charge in [0.05, 0.1) is 6.42 Å². The first-order valence-corrected chi connectivity index (χ1v) is 8.66. The van der Waals surface area contributed by atoms with Crippen LogP contribution in [-0.2, 0) is 20.8 Å². The number of benzene rings is 2. The predicted octanol–water partition coefficient (Wildman–Crippen LogP) is 2.45. The van der Waals surface area contributed by atoms with Crippen LogP contribution in [0.2, 0.25) is 0 Å². The van der Waals surface area contributed by atoms with Crippen LogP contribution < -0.4 is 10.6 Å². The van der Waals surface area contributed by atoms with Gasteiger partial charge in [0.15, 0.2) is 0 Å². The highest BCUT2D eigenvalue weighted by Gasteiger charge is 2.45. The second-order valence-electron chi connectivity index (χ2n) is 6.65. The van der Waals surface area contributed by atoms with E-state index in [1.807, 2.05) is 0 Å². The van der Waals surface area contributed by atoms with Gasteiger partial charge in [0.2, 0.25) is 11.8 Å². The molecule has 1 saturated carbocycles. The molecule has 146 valence electrons. The van der Waals surface area contributed by atoms with Crippen molar-refractivity contribution in [1.29, 1.82) is 0 Å². The Hall–Kier alpha value is -3.29. The molecule has 0 aliphatic heterocycles. The number of rotatable bonds is 7. The molecule has 1 aliphatic carbocycles. The van der Waals surface area contributed by atoms with Crippen molar-refractivity contribution in [3.63, 3.8) is 0 Å². The van der Waals surface area contributed by atoms with E-state index >= 15 is 0 Å². The van der Waals surface area contributed by atoms with Crippen molar-refractivity contribution in [1.82, 2.24) is 5.32 Å². The minimum atomic E-state index is -1.12. The summed E-state index contributed by atoms with van der Waals surface area (Å²) in [5, 5.41) is 13.5. The molecule has 0 spiro atoms. The normalized spacial score (nSPS) is 17.6. The largest absolute Gasteiger partial charge is 0.480 e. The van der Waals surface area contributed by atoms with E-state index in [1.54, 1.807) is 24.3 Å². The fourth-order valence-corrected chi connectivity index (χ4v) is 2.99. The lowest BCUT2D eigenvalue weighted by atomic mass is 10.1. The van der Waals surface area contributed by atoms with Gasteiger partial charge in [0.1, 0.15) is 18.2 Å². The van der Waals surface area contributed by atoms with Crippen LogP contribution in [0.15, 0.2) is 42.5 Å². The highest BCUT2D eigenvalue weighted by atomic mass is 19.1. The standard InChI is InChI=1S/C20H18F2N2O4/c21-12-3-6-17(22)15(8-12)14-9-16(14)20(28)24-13-4-1-11(2-5-13)7-18(25)23-10-19(26)27/h1-6,8,14,16H,7,9-10H2,(H,23,25)(H,24,28)(H,26,27). The summed E-state index contributed by atoms with van der Waals surface area (Å²) >= 11 is 0. The molecule has 2 amide bonds. The smallest absolute Gasteiger partial charge is 0.322 e. The van der Waals surface area contributed by atoms with Gasteiger partial charge in [-0.25, -0.2) is 8.78 Å². The monoisotopic (exact) mass is 388 g/mol. The van der Waals surface area contributed by atoms with Crippen molar-refractivity contribution in [2.75, 3.05) is 11.9 Å². The summed E-state index contributed by atoms with van der Waals surface area (Å²) < 4.78 is 27.1. The van der Waals surface area contributed by atoms with Gasteiger partial charge in [-0.05, 0) is 53.8 Å². The molecule has 0 aromatic heterocycles. The Kier molecular flexibility index (Phi) is 5.67. The number of carboxylic acids is 1. The molecule has 0 radical (unpaired) electrons. The van der Waals surface area contributed by atoms with E-state index in [2.05, 4.69) is 10.6 Å². The molecular formula is C20H18F2N2O4. The van der Waals surface area contributed by atoms with E-state index in [4.69, 9.17) is 5.11 Å². The van der Waals surface area contributed by atoms with E-state index in [9.17, 15) is 23.2 Å². The zero-order valence-corrected chi connectivity index (χ0v) is 14.7. The van der Waals surface area contributed by atoms with Crippen LogP contribution >= 0.6 is 0 Å². The van der Waals surface area contributed by atoms with Crippen molar-refractivity contribution in [2.45, 2.75) is 18.8 Å². The Morgan fingerprint density at radius 3 is 2.46 bits per heavy atom. The molecule has 1 fully saturated rings. The molecular weight excluding hydrogens is 370 g/mol. The SMILES string of the molecule is O=C(O)CNC(=O)Cc1ccc(NC(=O)C2CC2c2cc(F)ccc2F)cc1. The summed E-state index contributed by atoms with van der Waals surface area (Å²) in [6, 6.07) is 9.76. The minimum Gasteiger partial charge on any atom is -0.480 e. The van der Waals surface area contributed by atoms with Crippen LogP contribution in [-0.4, -0.2) is 29.4 Å². The highest BCUT2D eigenvalue weighted by molar-refractivity contribution is 5.95. The van der Waals surface area contributed by atoms with E-state index in [0.717, 1.165) is 18.2 Å². The fraction of sp³-hybridized carbons (Fsp3) is 0.250. The highest BCUT2D eigenvalue weighted by Crippen LogP contribution is 2.48. The zero-order chi connectivity index (χ0) is 20.3. The number of halogens is 2. The fourth-order valence-electron chi connectivity index (χ4n) is 2.99. The van der Waals surface area contributed by atoms with Crippen LogP contribution in [0.5, 0.6) is 0 Å². The maximum absolute atomic E-state index is 13.8. The lowest BCUT2D eigenvalue weighted by Crippen LogP contribution is -2.30. The van der Waals surface area contributed by atoms with Gasteiger partial charge in [0.25, 0.3) is 0 Å². The van der Waals surface area contributed by atoms with E-state index in [0.29, 0.717) is 17.7 Å². The Bertz CT molecular complexity index is 915. The van der Waals surface area contributed by atoms with Gasteiger partial charge < -0.3 is 15.7 Å². The average Bonchev–Trinajstić information content (AvgIpc) is 3.44. The number of hydrogen-bond donors (Lipinski definition) is 3. The summed E-state index contributed by atoms with van der Waals surface area (Å²) in [5.41, 5.74) is 1.39. The van der Waals surface area contributed by atoms with Gasteiger partial charge in [-0.1, -0.05) is 12.1 Å². The maximum atomic E-state index is 13.8. The molecule has 2 atom stereocenters. The topological polar surface area (TPSA) is 95.5 Å². The van der Waals surface area contributed by atoms with Crippen molar-refractivity contribution in [2.24, 2.45) is 5.92 Å². The average molecular weight is 388 g/mol. The van der Waals surface area contributed by atoms with Gasteiger partial charge in [-0.2, -0.15) is 0 Å². The first-order chi connectivity index (χ1) is 13.3. The molecule has 1 aliphatic rings. The first kappa shape index (κ1) is 19.5. The molecule has 6 nitrogen and oxygen atoms in total. The molecule has 2 unspecified atom stereocenters. The van der Waals surface area contributed by atoms with Crippen LogP contribution in [0, 0.1) is 17.6 Å². The molecule has 0 saturated heterocycles. The van der Waals surface area contributed by atoms with Crippen molar-refractivity contribution in [3.05, 3.63) is 65.2 Å². The third-order valence-corrected chi connectivity index (χ3v) is 4.51. The van der Waals surface area contributed by atoms with Crippen LogP contribution in [0.4, 0.5) is 14.5 Å². The number of carboxylic acid groups (broad SMARTS) is 1. The van der Waals surface area contributed by atoms with E-state index in [-0.39, 0.29) is 23.8 Å². The molecule has 0 bridgehead atoms. The lowest BCUT2D eigenvalue weighted by Gasteiger charge is -2.07. The second-order valence-corrected chi connectivity index (χ2v) is 6.65. The number of carbonyl (C=O) groups is 3. The molecule has 2 aromatic carbocycles. The summed E-state index contributed by atoms with van der Waals surface area (Å²) in [7, 11) is 0. The van der Waals surface area contributed by atoms with Crippen molar-refractivity contribution in [3.8, 4) is 0 Å². The minimum absolute atomic E-state index is 0.0189. The number of anilines is 1. The van der Waals surface area contributed by atoms with Gasteiger partial charge in [-0.15, -0.1) is 0 Å². The van der Waals surface area contributed by atoms with Gasteiger partial charge >= 0.3 is 5.97 Å². The summed E-state index contributed by atoms with van der Waals surface area (Å²) in [4.78, 5) is 34.3. The summed E-state index contributed by atoms with van der Waals surface area (Å²) in [5.74, 6) is -3.64. The summed E-state index contributed by atoms with van der Waals surface area (Å²) in [6.07, 6.45) is 0.471. The number of hydrogen-bond acceptors (Lipinski definition) is 3. The third kappa shape index (κ3) is 4.91. The molecule has 3 N–H and O–H groups in total. The number of amides is 2. The van der Waals surface area contributed by atoms with E-state index < -0.39 is 36.0 Å². The summed E-state index contributed by atoms with van der Waals surface area (Å²) in [6.45, 7) is -0.443. The molecule has 3 rings (SSSR count). The Morgan fingerprint density at radius 2 is 1.79 bits per heavy atom. The molecule has 8 heteroatoms. The van der Waals surface area contributed by atoms with Gasteiger partial charge in [-0.3, -0.25) is 14.4 Å². The first-order valence-electron chi connectivity index (χ1n) is 8.66. The van der Waals surface area contributed by atoms with Crippen molar-refractivity contribution < 1.29 is 28.3 Å². The number of carbonyl (C=O) groups excluding carboxylic acids is 2. The molecule has 28 heavy (non-hydrogen) atoms. The van der Waals surface area contributed by atoms with Gasteiger partial charge in [0, 0.05) is 11.6 Å². The van der Waals surface area contributed by atoms with Crippen LogP contribution in [0.25, 0.3) is 0 Å². The quantitative estimate of drug-likeness (QED) is 0.679. The third-order valence-electron chi connectivity index (χ3n) is 4.51. The lowest BCUT2D eigenvalue weighted by molar-refractivity contribution is -0.137. The maximum Gasteiger partial charge on any atom is 0.322 e. The molecule has 0 heterocycles. The zero-order valence-electron chi connectivity index (χ0n) is 14.7. The predicted molar refractivity (Wildman–Crippen MR) is 96.6 cm³/mol. The molecule has 2 aromatic rings. The Labute approximate surface area is 159 Å². The Morgan fingerprint density at radius 1 is 1.07 bits per heavy atom. The number of nitrogens with one attached hydrogen (secondary N) is 2. The van der Waals surface area contributed by atoms with Crippen LogP contribution in [0.3, 0.4) is 0 Å². The Balaban J connectivity index is 1.53. The number of aliphatic carboxylic acids is 1.